The van der Waals surface area contributed by atoms with Gasteiger partial charge in [0.25, 0.3) is 0 Å². The van der Waals surface area contributed by atoms with Crippen molar-refractivity contribution in [2.75, 3.05) is 17.2 Å². The molecule has 1 aromatic rings. The Morgan fingerprint density at radius 2 is 2.22 bits per heavy atom. The number of carbonyl (C=O) groups is 2. The first-order valence-electron chi connectivity index (χ1n) is 5.72. The Morgan fingerprint density at radius 1 is 1.50 bits per heavy atom. The smallest absolute Gasteiger partial charge is 0.249 e. The maximum Gasteiger partial charge on any atom is 0.249 e. The van der Waals surface area contributed by atoms with Crippen LogP contribution in [0.3, 0.4) is 0 Å². The largest absolute Gasteiger partial charge is 0.383 e. The van der Waals surface area contributed by atoms with Crippen molar-refractivity contribution in [2.24, 2.45) is 0 Å². The zero-order chi connectivity index (χ0) is 13.3. The topological polar surface area (TPSA) is 101 Å². The van der Waals surface area contributed by atoms with Gasteiger partial charge >= 0.3 is 0 Å². The molecule has 2 amide bonds. The minimum absolute atomic E-state index is 0.0987. The normalized spacial score (nSPS) is 19.9. The summed E-state index contributed by atoms with van der Waals surface area (Å²) in [5, 5.41) is 2.32. The van der Waals surface area contributed by atoms with Crippen LogP contribution in [0.1, 0.15) is 18.9 Å². The van der Waals surface area contributed by atoms with Crippen molar-refractivity contribution in [3.63, 3.8) is 0 Å². The third-order valence-corrected chi connectivity index (χ3v) is 3.01. The van der Waals surface area contributed by atoms with Crippen LogP contribution in [-0.2, 0) is 9.59 Å². The Balaban J connectivity index is 2.43. The van der Waals surface area contributed by atoms with Crippen molar-refractivity contribution in [2.45, 2.75) is 26.3 Å². The Kier molecular flexibility index (Phi) is 3.14. The van der Waals surface area contributed by atoms with E-state index in [1.807, 2.05) is 6.92 Å². The quantitative estimate of drug-likeness (QED) is 0.692. The molecule has 0 aliphatic carbocycles. The molecular formula is C11H15N5O2. The van der Waals surface area contributed by atoms with Gasteiger partial charge < -0.3 is 10.6 Å². The highest BCUT2D eigenvalue weighted by atomic mass is 16.2. The number of hydrogen-bond donors (Lipinski definition) is 2. The molecule has 7 nitrogen and oxygen atoms in total. The summed E-state index contributed by atoms with van der Waals surface area (Å²) in [5.41, 5.74) is 6.40. The number of nitrogens with two attached hydrogens (primary N) is 1. The molecule has 1 atom stereocenters. The van der Waals surface area contributed by atoms with Gasteiger partial charge in [0, 0.05) is 5.56 Å². The van der Waals surface area contributed by atoms with Crippen molar-refractivity contribution in [3.8, 4) is 0 Å². The van der Waals surface area contributed by atoms with Gasteiger partial charge in [-0.15, -0.1) is 0 Å². The minimum atomic E-state index is -0.407. The van der Waals surface area contributed by atoms with E-state index in [2.05, 4.69) is 15.3 Å². The molecular weight excluding hydrogens is 234 g/mol. The molecule has 1 aromatic heterocycles. The molecule has 1 fully saturated rings. The highest BCUT2D eigenvalue weighted by Crippen LogP contribution is 2.24. The first-order chi connectivity index (χ1) is 8.54. The van der Waals surface area contributed by atoms with Crippen molar-refractivity contribution in [3.05, 3.63) is 11.9 Å². The molecule has 96 valence electrons. The fourth-order valence-corrected chi connectivity index (χ4v) is 2.04. The maximum absolute atomic E-state index is 11.8. The van der Waals surface area contributed by atoms with Crippen LogP contribution in [0.25, 0.3) is 0 Å². The molecule has 1 aliphatic heterocycles. The van der Waals surface area contributed by atoms with E-state index < -0.39 is 6.04 Å². The van der Waals surface area contributed by atoms with Crippen LogP contribution in [0.4, 0.5) is 11.6 Å². The Labute approximate surface area is 104 Å². The second-order valence-electron chi connectivity index (χ2n) is 4.17. The zero-order valence-electron chi connectivity index (χ0n) is 10.3. The van der Waals surface area contributed by atoms with Crippen LogP contribution in [0.2, 0.25) is 0 Å². The van der Waals surface area contributed by atoms with Crippen LogP contribution in [0.15, 0.2) is 6.33 Å². The van der Waals surface area contributed by atoms with Crippen LogP contribution in [-0.4, -0.2) is 34.4 Å². The third-order valence-electron chi connectivity index (χ3n) is 3.01. The predicted octanol–water partition coefficient (Wildman–Crippen LogP) is -0.391. The van der Waals surface area contributed by atoms with Crippen molar-refractivity contribution in [1.29, 1.82) is 0 Å². The minimum Gasteiger partial charge on any atom is -0.383 e. The molecule has 3 N–H and O–H groups in total. The van der Waals surface area contributed by atoms with Crippen LogP contribution in [0, 0.1) is 6.92 Å². The summed E-state index contributed by atoms with van der Waals surface area (Å²) >= 11 is 0. The number of imide groups is 1. The second kappa shape index (κ2) is 4.59. The summed E-state index contributed by atoms with van der Waals surface area (Å²) in [5.74, 6) is 0.262. The van der Waals surface area contributed by atoms with Gasteiger partial charge in [0.05, 0.1) is 6.54 Å². The van der Waals surface area contributed by atoms with E-state index in [1.54, 1.807) is 11.8 Å². The van der Waals surface area contributed by atoms with Gasteiger partial charge in [-0.2, -0.15) is 0 Å². The summed E-state index contributed by atoms with van der Waals surface area (Å²) in [4.78, 5) is 32.9. The number of aromatic nitrogens is 2. The lowest BCUT2D eigenvalue weighted by molar-refractivity contribution is -0.132. The van der Waals surface area contributed by atoms with Gasteiger partial charge in [-0.05, 0) is 13.3 Å². The number of carbonyl (C=O) groups excluding carboxylic acids is 2. The molecule has 18 heavy (non-hydrogen) atoms. The molecule has 1 aliphatic rings. The molecule has 0 bridgehead atoms. The van der Waals surface area contributed by atoms with E-state index in [1.165, 1.54) is 6.33 Å². The van der Waals surface area contributed by atoms with Crippen LogP contribution < -0.4 is 16.0 Å². The van der Waals surface area contributed by atoms with Gasteiger partial charge in [0.15, 0.2) is 0 Å². The fourth-order valence-electron chi connectivity index (χ4n) is 2.04. The van der Waals surface area contributed by atoms with Gasteiger partial charge in [0.1, 0.15) is 24.0 Å². The Morgan fingerprint density at radius 3 is 2.89 bits per heavy atom. The first kappa shape index (κ1) is 12.3. The lowest BCUT2D eigenvalue weighted by atomic mass is 10.1. The lowest BCUT2D eigenvalue weighted by Gasteiger charge is -2.35. The van der Waals surface area contributed by atoms with E-state index in [4.69, 9.17) is 5.73 Å². The average molecular weight is 249 g/mol. The standard InChI is InChI=1S/C11H15N5O2/c1-3-7-11(18)15-8(17)4-16(7)10-6(2)9(12)13-5-14-10/h5,7H,3-4H2,1-2H3,(H2,12,13,14)(H,15,17,18). The molecule has 0 aromatic carbocycles. The molecule has 1 saturated heterocycles. The summed E-state index contributed by atoms with van der Waals surface area (Å²) < 4.78 is 0. The average Bonchev–Trinajstić information content (AvgIpc) is 2.32. The highest BCUT2D eigenvalue weighted by molar-refractivity contribution is 6.04. The van der Waals surface area contributed by atoms with Gasteiger partial charge in [-0.3, -0.25) is 14.9 Å². The molecule has 0 radical (unpaired) electrons. The molecule has 7 heteroatoms. The molecule has 2 heterocycles. The highest BCUT2D eigenvalue weighted by Gasteiger charge is 2.34. The van der Waals surface area contributed by atoms with Gasteiger partial charge in [-0.25, -0.2) is 9.97 Å². The monoisotopic (exact) mass is 249 g/mol. The van der Waals surface area contributed by atoms with E-state index in [9.17, 15) is 9.59 Å². The number of nitrogens with one attached hydrogen (secondary N) is 1. The summed E-state index contributed by atoms with van der Waals surface area (Å²) in [6.45, 7) is 3.75. The van der Waals surface area contributed by atoms with E-state index in [0.29, 0.717) is 23.6 Å². The van der Waals surface area contributed by atoms with Crippen molar-refractivity contribution >= 4 is 23.5 Å². The number of amides is 2. The number of anilines is 2. The number of piperazine rings is 1. The third kappa shape index (κ3) is 1.99. The van der Waals surface area contributed by atoms with E-state index in [0.717, 1.165) is 0 Å². The van der Waals surface area contributed by atoms with Crippen molar-refractivity contribution < 1.29 is 9.59 Å². The summed E-state index contributed by atoms with van der Waals surface area (Å²) in [6.07, 6.45) is 1.92. The summed E-state index contributed by atoms with van der Waals surface area (Å²) in [7, 11) is 0. The van der Waals surface area contributed by atoms with Gasteiger partial charge in [-0.1, -0.05) is 6.92 Å². The first-order valence-corrected chi connectivity index (χ1v) is 5.72. The second-order valence-corrected chi connectivity index (χ2v) is 4.17. The zero-order valence-corrected chi connectivity index (χ0v) is 10.3. The lowest BCUT2D eigenvalue weighted by Crippen LogP contribution is -2.58. The Hall–Kier alpha value is -2.18. The predicted molar refractivity (Wildman–Crippen MR) is 65.8 cm³/mol. The van der Waals surface area contributed by atoms with Gasteiger partial charge in [0.2, 0.25) is 11.8 Å². The van der Waals surface area contributed by atoms with E-state index in [-0.39, 0.29) is 18.4 Å². The fraction of sp³-hybridized carbons (Fsp3) is 0.455. The molecule has 1 unspecified atom stereocenters. The number of hydrogen-bond acceptors (Lipinski definition) is 6. The SMILES string of the molecule is CCC1C(=O)NC(=O)CN1c1ncnc(N)c1C. The molecule has 0 saturated carbocycles. The van der Waals surface area contributed by atoms with Crippen molar-refractivity contribution in [1.82, 2.24) is 15.3 Å². The van der Waals surface area contributed by atoms with E-state index >= 15 is 0 Å². The number of rotatable bonds is 2. The molecule has 0 spiro atoms. The Bertz CT molecular complexity index is 502. The molecule has 2 rings (SSSR count). The number of nitrogen functional groups attached to an aromatic ring is 1. The number of nitrogens with zero attached hydrogens (tertiary/aromatic N) is 3. The van der Waals surface area contributed by atoms with Crippen LogP contribution in [0.5, 0.6) is 0 Å². The maximum atomic E-state index is 11.8. The summed E-state index contributed by atoms with van der Waals surface area (Å²) in [6, 6.07) is -0.407. The van der Waals surface area contributed by atoms with Crippen LogP contribution >= 0.6 is 0 Å².